The lowest BCUT2D eigenvalue weighted by molar-refractivity contribution is -0.118. The third-order valence-electron chi connectivity index (χ3n) is 3.10. The lowest BCUT2D eigenvalue weighted by atomic mass is 10.3. The van der Waals surface area contributed by atoms with Crippen molar-refractivity contribution >= 4 is 23.8 Å². The Morgan fingerprint density at radius 3 is 2.56 bits per heavy atom. The maximum absolute atomic E-state index is 12.1. The number of nitrogens with zero attached hydrogens (tertiary/aromatic N) is 2. The van der Waals surface area contributed by atoms with E-state index in [1.54, 1.807) is 7.05 Å². The molecular weight excluding hydrogens is 250 g/mol. The maximum atomic E-state index is 12.1. The predicted molar refractivity (Wildman–Crippen MR) is 74.7 cm³/mol. The maximum Gasteiger partial charge on any atom is 0.269 e. The van der Waals surface area contributed by atoms with E-state index in [0.717, 1.165) is 12.8 Å². The average Bonchev–Trinajstić information content (AvgIpc) is 3.14. The van der Waals surface area contributed by atoms with Crippen molar-refractivity contribution in [3.05, 3.63) is 12.3 Å². The fourth-order valence-electron chi connectivity index (χ4n) is 1.66. The highest BCUT2D eigenvalue weighted by molar-refractivity contribution is 7.93. The highest BCUT2D eigenvalue weighted by atomic mass is 32.2. The van der Waals surface area contributed by atoms with Gasteiger partial charge in [0.15, 0.2) is 0 Å². The molecule has 6 heteroatoms. The molecule has 0 aromatic rings. The van der Waals surface area contributed by atoms with E-state index in [1.807, 2.05) is 13.8 Å². The van der Waals surface area contributed by atoms with Gasteiger partial charge < -0.3 is 9.87 Å². The zero-order valence-electron chi connectivity index (χ0n) is 11.2. The first-order valence-electron chi connectivity index (χ1n) is 5.92. The Labute approximate surface area is 111 Å². The molecule has 102 valence electrons. The molecule has 1 atom stereocenters. The highest BCUT2D eigenvalue weighted by Crippen LogP contribution is 2.44. The summed E-state index contributed by atoms with van der Waals surface area (Å²) >= 11 is -0.907. The first-order valence-corrected chi connectivity index (χ1v) is 7.13. The molecule has 5 nitrogen and oxygen atoms in total. The van der Waals surface area contributed by atoms with Crippen molar-refractivity contribution < 1.29 is 9.35 Å². The lowest BCUT2D eigenvalue weighted by Gasteiger charge is -2.25. The van der Waals surface area contributed by atoms with Crippen molar-refractivity contribution in [2.24, 2.45) is 5.10 Å². The van der Waals surface area contributed by atoms with Crippen LogP contribution in [0.15, 0.2) is 17.4 Å². The van der Waals surface area contributed by atoms with Crippen LogP contribution in [0.1, 0.15) is 26.7 Å². The van der Waals surface area contributed by atoms with Gasteiger partial charge in [0.1, 0.15) is 15.7 Å². The van der Waals surface area contributed by atoms with Crippen molar-refractivity contribution in [1.82, 2.24) is 10.3 Å². The topological polar surface area (TPSA) is 67.8 Å². The fourth-order valence-corrected chi connectivity index (χ4v) is 3.38. The molecule has 0 heterocycles. The van der Waals surface area contributed by atoms with Crippen molar-refractivity contribution in [2.75, 3.05) is 13.6 Å². The van der Waals surface area contributed by atoms with Crippen LogP contribution in [0.4, 0.5) is 0 Å². The minimum Gasteiger partial charge on any atom is -0.616 e. The lowest BCUT2D eigenvalue weighted by Crippen LogP contribution is -2.42. The van der Waals surface area contributed by atoms with Gasteiger partial charge in [-0.2, -0.15) is 5.10 Å². The van der Waals surface area contributed by atoms with E-state index in [4.69, 9.17) is 0 Å². The second-order valence-corrected chi connectivity index (χ2v) is 7.23. The summed E-state index contributed by atoms with van der Waals surface area (Å²) in [6.07, 6.45) is 1.81. The number of rotatable bonds is 7. The van der Waals surface area contributed by atoms with Crippen LogP contribution in [0.25, 0.3) is 0 Å². The van der Waals surface area contributed by atoms with E-state index in [2.05, 4.69) is 23.7 Å². The number of nitrogens with one attached hydrogen (secondary N) is 1. The molecule has 1 N–H and O–H groups in total. The van der Waals surface area contributed by atoms with Gasteiger partial charge in [0.25, 0.3) is 5.91 Å². The van der Waals surface area contributed by atoms with Gasteiger partial charge in [0.05, 0.1) is 6.54 Å². The SMILES string of the molecule is C=NN(C)C(=C)C(=O)NCC1([S+]([O-])C(C)C)CC1. The van der Waals surface area contributed by atoms with Crippen LogP contribution in [-0.4, -0.2) is 45.8 Å². The third-order valence-corrected chi connectivity index (χ3v) is 5.36. The van der Waals surface area contributed by atoms with Crippen LogP contribution >= 0.6 is 0 Å². The summed E-state index contributed by atoms with van der Waals surface area (Å²) in [5.41, 5.74) is 0.233. The van der Waals surface area contributed by atoms with E-state index in [1.165, 1.54) is 5.01 Å². The summed E-state index contributed by atoms with van der Waals surface area (Å²) < 4.78 is 11.9. The number of likely N-dealkylation sites (N-methyl/N-ethyl adjacent to an activating group) is 1. The monoisotopic (exact) mass is 271 g/mol. The van der Waals surface area contributed by atoms with Gasteiger partial charge in [-0.25, -0.2) is 0 Å². The molecule has 1 aliphatic carbocycles. The number of carbonyl (C=O) groups excluding carboxylic acids is 1. The Hall–Kier alpha value is -1.01. The zero-order chi connectivity index (χ0) is 13.9. The summed E-state index contributed by atoms with van der Waals surface area (Å²) in [5, 5.41) is 7.80. The zero-order valence-corrected chi connectivity index (χ0v) is 12.0. The summed E-state index contributed by atoms with van der Waals surface area (Å²) in [6.45, 7) is 11.3. The van der Waals surface area contributed by atoms with E-state index < -0.39 is 11.2 Å². The summed E-state index contributed by atoms with van der Waals surface area (Å²) in [4.78, 5) is 11.8. The van der Waals surface area contributed by atoms with Gasteiger partial charge in [-0.05, 0) is 25.0 Å². The van der Waals surface area contributed by atoms with Crippen LogP contribution < -0.4 is 5.32 Å². The van der Waals surface area contributed by atoms with E-state index in [9.17, 15) is 9.35 Å². The first kappa shape index (κ1) is 15.0. The normalized spacial score (nSPS) is 18.1. The number of hydrogen-bond acceptors (Lipinski definition) is 4. The van der Waals surface area contributed by atoms with Crippen LogP contribution in [0.5, 0.6) is 0 Å². The number of hydrogen-bond donors (Lipinski definition) is 1. The van der Waals surface area contributed by atoms with Gasteiger partial charge in [0, 0.05) is 26.6 Å². The molecule has 0 bridgehead atoms. The van der Waals surface area contributed by atoms with Crippen molar-refractivity contribution in [3.63, 3.8) is 0 Å². The molecule has 18 heavy (non-hydrogen) atoms. The van der Waals surface area contributed by atoms with E-state index in [-0.39, 0.29) is 21.6 Å². The van der Waals surface area contributed by atoms with Crippen LogP contribution in [0.3, 0.4) is 0 Å². The summed E-state index contributed by atoms with van der Waals surface area (Å²) in [6, 6.07) is 0. The summed E-state index contributed by atoms with van der Waals surface area (Å²) in [7, 11) is 1.61. The number of amides is 1. The van der Waals surface area contributed by atoms with Crippen LogP contribution in [-0.2, 0) is 16.0 Å². The molecule has 1 saturated carbocycles. The number of hydrazone groups is 1. The molecular formula is C12H21N3O2S. The minimum absolute atomic E-state index is 0.116. The van der Waals surface area contributed by atoms with Gasteiger partial charge >= 0.3 is 0 Å². The highest BCUT2D eigenvalue weighted by Gasteiger charge is 2.55. The molecule has 0 saturated heterocycles. The van der Waals surface area contributed by atoms with Gasteiger partial charge in [-0.15, -0.1) is 0 Å². The molecule has 1 fully saturated rings. The fraction of sp³-hybridized carbons (Fsp3) is 0.667. The molecule has 0 aromatic heterocycles. The Bertz CT molecular complexity index is 353. The average molecular weight is 271 g/mol. The Morgan fingerprint density at radius 2 is 2.17 bits per heavy atom. The minimum atomic E-state index is -0.907. The Morgan fingerprint density at radius 1 is 1.61 bits per heavy atom. The van der Waals surface area contributed by atoms with Crippen LogP contribution in [0, 0.1) is 0 Å². The molecule has 0 radical (unpaired) electrons. The molecule has 1 aliphatic rings. The van der Waals surface area contributed by atoms with Crippen molar-refractivity contribution in [2.45, 2.75) is 36.7 Å². The Kier molecular flexibility index (Phi) is 4.81. The molecule has 1 amide bonds. The first-order chi connectivity index (χ1) is 8.34. The predicted octanol–water partition coefficient (Wildman–Crippen LogP) is 0.853. The number of carbonyl (C=O) groups is 1. The van der Waals surface area contributed by atoms with Gasteiger partial charge in [-0.1, -0.05) is 6.58 Å². The summed E-state index contributed by atoms with van der Waals surface area (Å²) in [5.74, 6) is -0.295. The van der Waals surface area contributed by atoms with Crippen molar-refractivity contribution in [1.29, 1.82) is 0 Å². The standard InChI is InChI=1S/C12H21N3O2S/c1-9(2)18(17)12(6-7-12)8-14-11(16)10(3)15(5)13-4/h9H,3-4,6-8H2,1-2,5H3,(H,14,16). The van der Waals surface area contributed by atoms with E-state index >= 15 is 0 Å². The molecule has 1 unspecified atom stereocenters. The van der Waals surface area contributed by atoms with Crippen LogP contribution in [0.2, 0.25) is 0 Å². The van der Waals surface area contributed by atoms with Gasteiger partial charge in [0.2, 0.25) is 0 Å². The quantitative estimate of drug-likeness (QED) is 0.323. The second kappa shape index (κ2) is 5.75. The third kappa shape index (κ3) is 3.26. The second-order valence-electron chi connectivity index (χ2n) is 4.82. The molecule has 0 aliphatic heterocycles. The van der Waals surface area contributed by atoms with Gasteiger partial charge in [-0.3, -0.25) is 9.80 Å². The smallest absolute Gasteiger partial charge is 0.269 e. The van der Waals surface area contributed by atoms with E-state index in [0.29, 0.717) is 6.54 Å². The molecule has 0 spiro atoms. The molecule has 0 aromatic carbocycles. The van der Waals surface area contributed by atoms with Crippen molar-refractivity contribution in [3.8, 4) is 0 Å². The largest absolute Gasteiger partial charge is 0.616 e. The molecule has 1 rings (SSSR count). The Balaban J connectivity index is 2.49.